The van der Waals surface area contributed by atoms with Crippen LogP contribution in [0.4, 0.5) is 0 Å². The third-order valence-electron chi connectivity index (χ3n) is 3.18. The SMILES string of the molecule is Cc1oc(C(=O)NCC2CCC2)cc1S(N)(=O)=O. The maximum atomic E-state index is 11.7. The number of carbonyl (C=O) groups is 1. The van der Waals surface area contributed by atoms with E-state index in [1.54, 1.807) is 0 Å². The molecule has 0 atom stereocenters. The number of nitrogens with one attached hydrogen (secondary N) is 1. The van der Waals surface area contributed by atoms with Gasteiger partial charge in [-0.3, -0.25) is 4.79 Å². The van der Waals surface area contributed by atoms with E-state index in [0.717, 1.165) is 12.8 Å². The lowest BCUT2D eigenvalue weighted by molar-refractivity contribution is 0.0910. The molecule has 1 aromatic rings. The Kier molecular flexibility index (Phi) is 3.45. The van der Waals surface area contributed by atoms with Crippen molar-refractivity contribution in [2.75, 3.05) is 6.54 Å². The van der Waals surface area contributed by atoms with Crippen LogP contribution in [0, 0.1) is 12.8 Å². The minimum absolute atomic E-state index is 0.0177. The quantitative estimate of drug-likeness (QED) is 0.844. The summed E-state index contributed by atoms with van der Waals surface area (Å²) in [7, 11) is -3.84. The topological polar surface area (TPSA) is 102 Å². The molecular weight excluding hydrogens is 256 g/mol. The predicted octanol–water partition coefficient (Wildman–Crippen LogP) is 0.765. The van der Waals surface area contributed by atoms with Crippen LogP contribution in [0.2, 0.25) is 0 Å². The summed E-state index contributed by atoms with van der Waals surface area (Å²) in [5.74, 6) is 0.241. The van der Waals surface area contributed by atoms with Crippen LogP contribution in [-0.2, 0) is 10.0 Å². The van der Waals surface area contributed by atoms with E-state index in [4.69, 9.17) is 9.56 Å². The fraction of sp³-hybridized carbons (Fsp3) is 0.545. The zero-order valence-electron chi connectivity index (χ0n) is 10.1. The maximum Gasteiger partial charge on any atom is 0.287 e. The number of hydrogen-bond donors (Lipinski definition) is 2. The summed E-state index contributed by atoms with van der Waals surface area (Å²) in [5, 5.41) is 7.73. The highest BCUT2D eigenvalue weighted by Crippen LogP contribution is 2.25. The smallest absolute Gasteiger partial charge is 0.287 e. The highest BCUT2D eigenvalue weighted by molar-refractivity contribution is 7.89. The van der Waals surface area contributed by atoms with E-state index in [1.807, 2.05) is 0 Å². The van der Waals surface area contributed by atoms with Gasteiger partial charge in [-0.15, -0.1) is 0 Å². The van der Waals surface area contributed by atoms with Crippen LogP contribution in [0.1, 0.15) is 35.6 Å². The standard InChI is InChI=1S/C11H16N2O4S/c1-7-10(18(12,15)16)5-9(17-7)11(14)13-6-8-3-2-4-8/h5,8H,2-4,6H2,1H3,(H,13,14)(H2,12,15,16). The number of rotatable bonds is 4. The Morgan fingerprint density at radius 1 is 1.56 bits per heavy atom. The molecule has 1 aliphatic rings. The Morgan fingerprint density at radius 2 is 2.22 bits per heavy atom. The fourth-order valence-corrected chi connectivity index (χ4v) is 2.59. The second-order valence-electron chi connectivity index (χ2n) is 4.58. The Bertz CT molecular complexity index is 558. The number of nitrogens with two attached hydrogens (primary N) is 1. The molecule has 100 valence electrons. The number of furan rings is 1. The van der Waals surface area contributed by atoms with E-state index in [9.17, 15) is 13.2 Å². The van der Waals surface area contributed by atoms with E-state index in [2.05, 4.69) is 5.32 Å². The van der Waals surface area contributed by atoms with Crippen molar-refractivity contribution in [1.82, 2.24) is 5.32 Å². The summed E-state index contributed by atoms with van der Waals surface area (Å²) in [6.45, 7) is 2.06. The van der Waals surface area contributed by atoms with Crippen LogP contribution in [0.15, 0.2) is 15.4 Å². The van der Waals surface area contributed by atoms with Crippen LogP contribution in [-0.4, -0.2) is 20.9 Å². The number of amides is 1. The summed E-state index contributed by atoms with van der Waals surface area (Å²) < 4.78 is 27.5. The molecule has 1 fully saturated rings. The molecule has 6 nitrogen and oxygen atoms in total. The lowest BCUT2D eigenvalue weighted by atomic mass is 9.85. The van der Waals surface area contributed by atoms with Gasteiger partial charge in [-0.05, 0) is 25.7 Å². The van der Waals surface area contributed by atoms with Crippen molar-refractivity contribution in [2.24, 2.45) is 11.1 Å². The largest absolute Gasteiger partial charge is 0.455 e. The fourth-order valence-electron chi connectivity index (χ4n) is 1.88. The van der Waals surface area contributed by atoms with Gasteiger partial charge in [-0.2, -0.15) is 0 Å². The minimum Gasteiger partial charge on any atom is -0.455 e. The van der Waals surface area contributed by atoms with Gasteiger partial charge in [0.1, 0.15) is 10.7 Å². The van der Waals surface area contributed by atoms with Crippen molar-refractivity contribution in [3.63, 3.8) is 0 Å². The maximum absolute atomic E-state index is 11.7. The molecule has 0 bridgehead atoms. The average molecular weight is 272 g/mol. The van der Waals surface area contributed by atoms with Crippen molar-refractivity contribution in [3.8, 4) is 0 Å². The molecule has 1 aliphatic carbocycles. The summed E-state index contributed by atoms with van der Waals surface area (Å²) in [4.78, 5) is 11.6. The van der Waals surface area contributed by atoms with Gasteiger partial charge in [0, 0.05) is 12.6 Å². The van der Waals surface area contributed by atoms with Crippen molar-refractivity contribution in [3.05, 3.63) is 17.6 Å². The first kappa shape index (κ1) is 13.1. The molecule has 7 heteroatoms. The Balaban J connectivity index is 2.06. The van der Waals surface area contributed by atoms with Crippen molar-refractivity contribution >= 4 is 15.9 Å². The zero-order valence-corrected chi connectivity index (χ0v) is 10.9. The van der Waals surface area contributed by atoms with Crippen LogP contribution >= 0.6 is 0 Å². The number of carbonyl (C=O) groups excluding carboxylic acids is 1. The highest BCUT2D eigenvalue weighted by atomic mass is 32.2. The summed E-state index contributed by atoms with van der Waals surface area (Å²) in [5.41, 5.74) is 0. The third-order valence-corrected chi connectivity index (χ3v) is 4.20. The molecule has 1 amide bonds. The Labute approximate surface area is 106 Å². The first-order valence-electron chi connectivity index (χ1n) is 5.79. The van der Waals surface area contributed by atoms with Crippen molar-refractivity contribution in [2.45, 2.75) is 31.1 Å². The third kappa shape index (κ3) is 2.73. The second-order valence-corrected chi connectivity index (χ2v) is 6.11. The molecule has 0 saturated heterocycles. The second kappa shape index (κ2) is 4.74. The van der Waals surface area contributed by atoms with Gasteiger partial charge in [0.05, 0.1) is 0 Å². The molecule has 2 rings (SSSR count). The predicted molar refractivity (Wildman–Crippen MR) is 64.5 cm³/mol. The van der Waals surface area contributed by atoms with E-state index in [-0.39, 0.29) is 16.4 Å². The molecule has 1 heterocycles. The molecule has 0 radical (unpaired) electrons. The van der Waals surface area contributed by atoms with E-state index < -0.39 is 15.9 Å². The lowest BCUT2D eigenvalue weighted by Crippen LogP contribution is -2.31. The number of sulfonamides is 1. The number of primary sulfonamides is 1. The zero-order chi connectivity index (χ0) is 13.3. The van der Waals surface area contributed by atoms with E-state index >= 15 is 0 Å². The summed E-state index contributed by atoms with van der Waals surface area (Å²) in [6.07, 6.45) is 3.45. The normalized spacial score (nSPS) is 16.3. The van der Waals surface area contributed by atoms with Crippen LogP contribution < -0.4 is 10.5 Å². The number of hydrogen-bond acceptors (Lipinski definition) is 4. The monoisotopic (exact) mass is 272 g/mol. The first-order valence-corrected chi connectivity index (χ1v) is 7.34. The molecular formula is C11H16N2O4S. The average Bonchev–Trinajstić information content (AvgIpc) is 2.57. The molecule has 18 heavy (non-hydrogen) atoms. The minimum atomic E-state index is -3.84. The van der Waals surface area contributed by atoms with Crippen molar-refractivity contribution < 1.29 is 17.6 Å². The summed E-state index contributed by atoms with van der Waals surface area (Å²) >= 11 is 0. The van der Waals surface area contributed by atoms with Crippen LogP contribution in [0.5, 0.6) is 0 Å². The Hall–Kier alpha value is -1.34. The van der Waals surface area contributed by atoms with E-state index in [1.165, 1.54) is 19.4 Å². The molecule has 0 unspecified atom stereocenters. The Morgan fingerprint density at radius 3 is 2.67 bits per heavy atom. The molecule has 1 saturated carbocycles. The van der Waals surface area contributed by atoms with Gasteiger partial charge in [0.15, 0.2) is 5.76 Å². The lowest BCUT2D eigenvalue weighted by Gasteiger charge is -2.25. The highest BCUT2D eigenvalue weighted by Gasteiger charge is 2.22. The van der Waals surface area contributed by atoms with Crippen LogP contribution in [0.3, 0.4) is 0 Å². The molecule has 0 aromatic carbocycles. The van der Waals surface area contributed by atoms with Gasteiger partial charge in [-0.1, -0.05) is 6.42 Å². The van der Waals surface area contributed by atoms with Gasteiger partial charge in [0.2, 0.25) is 10.0 Å². The molecule has 3 N–H and O–H groups in total. The van der Waals surface area contributed by atoms with Gasteiger partial charge < -0.3 is 9.73 Å². The van der Waals surface area contributed by atoms with Crippen LogP contribution in [0.25, 0.3) is 0 Å². The summed E-state index contributed by atoms with van der Waals surface area (Å²) in [6, 6.07) is 1.17. The first-order chi connectivity index (χ1) is 8.38. The molecule has 0 aliphatic heterocycles. The molecule has 1 aromatic heterocycles. The van der Waals surface area contributed by atoms with Gasteiger partial charge >= 0.3 is 0 Å². The molecule has 0 spiro atoms. The van der Waals surface area contributed by atoms with E-state index in [0.29, 0.717) is 12.5 Å². The number of aryl methyl sites for hydroxylation is 1. The van der Waals surface area contributed by atoms with Gasteiger partial charge in [-0.25, -0.2) is 13.6 Å². The van der Waals surface area contributed by atoms with Crippen molar-refractivity contribution in [1.29, 1.82) is 0 Å². The van der Waals surface area contributed by atoms with Gasteiger partial charge in [0.25, 0.3) is 5.91 Å².